The van der Waals surface area contributed by atoms with Crippen LogP contribution in [0.15, 0.2) is 42.5 Å². The molecule has 0 spiro atoms. The number of para-hydroxylation sites is 1. The molecule has 0 unspecified atom stereocenters. The van der Waals surface area contributed by atoms with E-state index in [0.29, 0.717) is 17.1 Å². The van der Waals surface area contributed by atoms with E-state index in [9.17, 15) is 9.50 Å². The quantitative estimate of drug-likeness (QED) is 0.870. The number of phenols is 1. The number of nitrogens with one attached hydrogen (secondary N) is 1. The minimum Gasteiger partial charge on any atom is -0.508 e. The molecule has 2 aromatic carbocycles. The first-order valence-corrected chi connectivity index (χ1v) is 5.50. The highest BCUT2D eigenvalue weighted by Gasteiger charge is 2.01. The third-order valence-corrected chi connectivity index (χ3v) is 2.63. The summed E-state index contributed by atoms with van der Waals surface area (Å²) in [5.74, 6) is -0.540. The summed E-state index contributed by atoms with van der Waals surface area (Å²) in [6.45, 7) is 0.398. The van der Waals surface area contributed by atoms with Gasteiger partial charge in [0, 0.05) is 12.6 Å². The van der Waals surface area contributed by atoms with Crippen LogP contribution in [0, 0.1) is 5.82 Å². The Hall–Kier alpha value is -1.74. The molecule has 0 aliphatic rings. The highest BCUT2D eigenvalue weighted by molar-refractivity contribution is 6.33. The fraction of sp³-hybridized carbons (Fsp3) is 0.0769. The molecular formula is C13H11ClFNO. The lowest BCUT2D eigenvalue weighted by Gasteiger charge is -2.08. The third kappa shape index (κ3) is 3.11. The molecule has 2 rings (SSSR count). The number of rotatable bonds is 3. The molecule has 17 heavy (non-hydrogen) atoms. The van der Waals surface area contributed by atoms with Crippen LogP contribution in [0.3, 0.4) is 0 Å². The number of halogens is 2. The third-order valence-electron chi connectivity index (χ3n) is 2.30. The first-order chi connectivity index (χ1) is 8.15. The van der Waals surface area contributed by atoms with Crippen molar-refractivity contribution in [2.24, 2.45) is 0 Å². The summed E-state index contributed by atoms with van der Waals surface area (Å²) < 4.78 is 13.0. The van der Waals surface area contributed by atoms with Crippen molar-refractivity contribution in [1.82, 2.24) is 0 Å². The summed E-state index contributed by atoms with van der Waals surface area (Å²) in [7, 11) is 0. The normalized spacial score (nSPS) is 10.2. The second kappa shape index (κ2) is 5.06. The monoisotopic (exact) mass is 251 g/mol. The van der Waals surface area contributed by atoms with Crippen molar-refractivity contribution in [2.45, 2.75) is 6.54 Å². The average molecular weight is 252 g/mol. The number of hydrogen-bond acceptors (Lipinski definition) is 2. The van der Waals surface area contributed by atoms with Gasteiger partial charge in [0.25, 0.3) is 0 Å². The highest BCUT2D eigenvalue weighted by atomic mass is 35.5. The predicted molar refractivity (Wildman–Crippen MR) is 66.8 cm³/mol. The molecule has 0 aliphatic carbocycles. The van der Waals surface area contributed by atoms with Crippen molar-refractivity contribution in [1.29, 1.82) is 0 Å². The summed E-state index contributed by atoms with van der Waals surface area (Å²) in [5.41, 5.74) is 1.43. The number of phenolic OH excluding ortho intramolecular Hbond substituents is 1. The smallest absolute Gasteiger partial charge is 0.127 e. The fourth-order valence-electron chi connectivity index (χ4n) is 1.54. The Morgan fingerprint density at radius 1 is 1.18 bits per heavy atom. The van der Waals surface area contributed by atoms with Gasteiger partial charge in [-0.1, -0.05) is 23.7 Å². The molecule has 0 aromatic heterocycles. The van der Waals surface area contributed by atoms with Crippen LogP contribution >= 0.6 is 11.6 Å². The first kappa shape index (κ1) is 11.7. The van der Waals surface area contributed by atoms with E-state index in [-0.39, 0.29) is 5.75 Å². The van der Waals surface area contributed by atoms with E-state index >= 15 is 0 Å². The van der Waals surface area contributed by atoms with E-state index in [1.807, 2.05) is 18.2 Å². The Bertz CT molecular complexity index is 510. The van der Waals surface area contributed by atoms with Gasteiger partial charge in [0.15, 0.2) is 0 Å². The zero-order valence-electron chi connectivity index (χ0n) is 8.95. The molecule has 2 nitrogen and oxygen atoms in total. The largest absolute Gasteiger partial charge is 0.508 e. The van der Waals surface area contributed by atoms with E-state index in [1.165, 1.54) is 12.1 Å². The van der Waals surface area contributed by atoms with Gasteiger partial charge < -0.3 is 10.4 Å². The Kier molecular flexibility index (Phi) is 3.49. The van der Waals surface area contributed by atoms with Crippen molar-refractivity contribution in [3.63, 3.8) is 0 Å². The molecule has 4 heteroatoms. The lowest BCUT2D eigenvalue weighted by Crippen LogP contribution is -2.00. The molecule has 0 heterocycles. The maximum Gasteiger partial charge on any atom is 0.127 e. The van der Waals surface area contributed by atoms with Gasteiger partial charge in [-0.25, -0.2) is 4.39 Å². The molecule has 0 bridgehead atoms. The molecule has 0 saturated heterocycles. The highest BCUT2D eigenvalue weighted by Crippen LogP contribution is 2.22. The molecular weight excluding hydrogens is 241 g/mol. The van der Waals surface area contributed by atoms with Gasteiger partial charge >= 0.3 is 0 Å². The van der Waals surface area contributed by atoms with E-state index < -0.39 is 5.82 Å². The minimum absolute atomic E-state index is 0.0824. The van der Waals surface area contributed by atoms with Crippen LogP contribution < -0.4 is 5.32 Å². The first-order valence-electron chi connectivity index (χ1n) is 5.12. The second-order valence-electron chi connectivity index (χ2n) is 3.65. The van der Waals surface area contributed by atoms with Crippen molar-refractivity contribution in [3.05, 3.63) is 58.9 Å². The average Bonchev–Trinajstić information content (AvgIpc) is 2.27. The molecule has 88 valence electrons. The topological polar surface area (TPSA) is 32.3 Å². The molecule has 0 aliphatic heterocycles. The van der Waals surface area contributed by atoms with E-state index in [4.69, 9.17) is 11.6 Å². The number of anilines is 1. The molecule has 0 saturated carbocycles. The zero-order chi connectivity index (χ0) is 12.3. The van der Waals surface area contributed by atoms with E-state index in [0.717, 1.165) is 11.8 Å². The van der Waals surface area contributed by atoms with E-state index in [2.05, 4.69) is 5.32 Å². The summed E-state index contributed by atoms with van der Waals surface area (Å²) in [4.78, 5) is 0. The van der Waals surface area contributed by atoms with E-state index in [1.54, 1.807) is 6.07 Å². The molecule has 0 atom stereocenters. The van der Waals surface area contributed by atoms with Crippen LogP contribution in [0.25, 0.3) is 0 Å². The van der Waals surface area contributed by atoms with Gasteiger partial charge in [-0.05, 0) is 29.8 Å². The van der Waals surface area contributed by atoms with Crippen LogP contribution in [0.1, 0.15) is 5.56 Å². The molecule has 2 N–H and O–H groups in total. The molecule has 2 aromatic rings. The number of hydrogen-bond donors (Lipinski definition) is 2. The number of aromatic hydroxyl groups is 1. The molecule has 0 amide bonds. The Morgan fingerprint density at radius 2 is 1.94 bits per heavy atom. The molecule has 0 fully saturated rings. The van der Waals surface area contributed by atoms with Crippen molar-refractivity contribution >= 4 is 17.3 Å². The van der Waals surface area contributed by atoms with Gasteiger partial charge in [0.2, 0.25) is 0 Å². The van der Waals surface area contributed by atoms with Crippen LogP contribution in [-0.2, 0) is 6.54 Å². The Morgan fingerprint density at radius 3 is 2.65 bits per heavy atom. The van der Waals surface area contributed by atoms with Gasteiger partial charge in [0.05, 0.1) is 10.7 Å². The van der Waals surface area contributed by atoms with Crippen LogP contribution in [0.4, 0.5) is 10.1 Å². The van der Waals surface area contributed by atoms with Gasteiger partial charge in [0.1, 0.15) is 11.6 Å². The fourth-order valence-corrected chi connectivity index (χ4v) is 1.74. The summed E-state index contributed by atoms with van der Waals surface area (Å²) >= 11 is 5.97. The van der Waals surface area contributed by atoms with Crippen LogP contribution in [0.5, 0.6) is 5.75 Å². The van der Waals surface area contributed by atoms with Crippen LogP contribution in [-0.4, -0.2) is 5.11 Å². The Balaban J connectivity index is 2.10. The van der Waals surface area contributed by atoms with Crippen molar-refractivity contribution < 1.29 is 9.50 Å². The minimum atomic E-state index is -0.457. The van der Waals surface area contributed by atoms with Crippen molar-refractivity contribution in [2.75, 3.05) is 5.32 Å². The Labute approximate surface area is 104 Å². The summed E-state index contributed by atoms with van der Waals surface area (Å²) in [6, 6.07) is 11.2. The number of benzene rings is 2. The zero-order valence-corrected chi connectivity index (χ0v) is 9.71. The van der Waals surface area contributed by atoms with Gasteiger partial charge in [-0.15, -0.1) is 0 Å². The standard InChI is InChI=1S/C13H11ClFNO/c14-12-3-1-2-4-13(12)16-8-9-5-10(15)7-11(17)6-9/h1-7,16-17H,8H2. The van der Waals surface area contributed by atoms with Gasteiger partial charge in [-0.2, -0.15) is 0 Å². The van der Waals surface area contributed by atoms with Crippen LogP contribution in [0.2, 0.25) is 5.02 Å². The maximum atomic E-state index is 13.0. The van der Waals surface area contributed by atoms with Crippen molar-refractivity contribution in [3.8, 4) is 5.75 Å². The summed E-state index contributed by atoms with van der Waals surface area (Å²) in [6.07, 6.45) is 0. The summed E-state index contributed by atoms with van der Waals surface area (Å²) in [5, 5.41) is 12.9. The molecule has 0 radical (unpaired) electrons. The predicted octanol–water partition coefficient (Wildman–Crippen LogP) is 3.80. The maximum absolute atomic E-state index is 13.0. The lowest BCUT2D eigenvalue weighted by molar-refractivity contribution is 0.468. The van der Waals surface area contributed by atoms with Gasteiger partial charge in [-0.3, -0.25) is 0 Å². The second-order valence-corrected chi connectivity index (χ2v) is 4.06. The SMILES string of the molecule is Oc1cc(F)cc(CNc2ccccc2Cl)c1. The lowest BCUT2D eigenvalue weighted by atomic mass is 10.2.